The Labute approximate surface area is 158 Å². The molecular formula is C18H14ClN3OS2. The largest absolute Gasteiger partial charge is 0.306 e. The molecule has 1 aromatic carbocycles. The molecule has 0 bridgehead atoms. The van der Waals surface area contributed by atoms with Gasteiger partial charge in [0.05, 0.1) is 17.6 Å². The minimum atomic E-state index is -0.0364. The predicted molar refractivity (Wildman–Crippen MR) is 104 cm³/mol. The summed E-state index contributed by atoms with van der Waals surface area (Å²) in [5, 5.41) is 1.39. The van der Waals surface area contributed by atoms with Crippen LogP contribution in [0.25, 0.3) is 10.7 Å². The lowest BCUT2D eigenvalue weighted by Crippen LogP contribution is -2.31. The van der Waals surface area contributed by atoms with Gasteiger partial charge >= 0.3 is 0 Å². The van der Waals surface area contributed by atoms with Gasteiger partial charge in [0.1, 0.15) is 9.88 Å². The number of carbonyl (C=O) groups excluding carboxylic acids is 1. The van der Waals surface area contributed by atoms with Crippen molar-refractivity contribution < 1.29 is 4.79 Å². The van der Waals surface area contributed by atoms with Gasteiger partial charge in [0.25, 0.3) is 5.91 Å². The Morgan fingerprint density at radius 3 is 2.96 bits per heavy atom. The van der Waals surface area contributed by atoms with Gasteiger partial charge in [-0.05, 0) is 42.5 Å². The molecule has 4 rings (SSSR count). The van der Waals surface area contributed by atoms with Gasteiger partial charge in [-0.3, -0.25) is 9.78 Å². The molecule has 7 heteroatoms. The summed E-state index contributed by atoms with van der Waals surface area (Å²) in [4.78, 5) is 25.3. The van der Waals surface area contributed by atoms with Crippen molar-refractivity contribution in [3.63, 3.8) is 0 Å². The molecule has 1 aliphatic rings. The zero-order valence-corrected chi connectivity index (χ0v) is 15.6. The van der Waals surface area contributed by atoms with Crippen molar-refractivity contribution >= 4 is 46.3 Å². The molecular weight excluding hydrogens is 374 g/mol. The van der Waals surface area contributed by atoms with Crippen LogP contribution in [0.3, 0.4) is 0 Å². The smallest absolute Gasteiger partial charge is 0.270 e. The number of carbonyl (C=O) groups is 1. The van der Waals surface area contributed by atoms with E-state index in [1.807, 2.05) is 41.3 Å². The van der Waals surface area contributed by atoms with Crippen LogP contribution in [-0.4, -0.2) is 28.2 Å². The molecule has 0 spiro atoms. The van der Waals surface area contributed by atoms with Crippen LogP contribution in [0.15, 0.2) is 53.7 Å². The molecule has 0 radical (unpaired) electrons. The SMILES string of the molecule is O=C(c1cnc(-c2ccccn2)s1)N1CCCSc2ccc(Cl)cc21. The van der Waals surface area contributed by atoms with E-state index >= 15 is 0 Å². The van der Waals surface area contributed by atoms with Crippen LogP contribution in [0.2, 0.25) is 5.02 Å². The maximum Gasteiger partial charge on any atom is 0.270 e. The Hall–Kier alpha value is -1.89. The van der Waals surface area contributed by atoms with Crippen LogP contribution in [0.4, 0.5) is 5.69 Å². The van der Waals surface area contributed by atoms with Crippen molar-refractivity contribution in [3.8, 4) is 10.7 Å². The third kappa shape index (κ3) is 3.42. The van der Waals surface area contributed by atoms with Crippen molar-refractivity contribution in [1.29, 1.82) is 0 Å². The summed E-state index contributed by atoms with van der Waals surface area (Å²) in [6.07, 6.45) is 4.30. The minimum Gasteiger partial charge on any atom is -0.306 e. The lowest BCUT2D eigenvalue weighted by Gasteiger charge is -2.21. The van der Waals surface area contributed by atoms with Crippen molar-refractivity contribution in [2.45, 2.75) is 11.3 Å². The summed E-state index contributed by atoms with van der Waals surface area (Å²) in [5.41, 5.74) is 1.66. The minimum absolute atomic E-state index is 0.0364. The van der Waals surface area contributed by atoms with Crippen LogP contribution in [0.1, 0.15) is 16.1 Å². The molecule has 25 heavy (non-hydrogen) atoms. The first kappa shape index (κ1) is 16.6. The second kappa shape index (κ2) is 7.15. The molecule has 0 saturated carbocycles. The zero-order valence-electron chi connectivity index (χ0n) is 13.2. The number of thioether (sulfide) groups is 1. The average Bonchev–Trinajstić information content (AvgIpc) is 3.04. The van der Waals surface area contributed by atoms with Crippen molar-refractivity contribution in [1.82, 2.24) is 9.97 Å². The fourth-order valence-electron chi connectivity index (χ4n) is 2.67. The monoisotopic (exact) mass is 387 g/mol. The Morgan fingerprint density at radius 2 is 2.12 bits per heavy atom. The van der Waals surface area contributed by atoms with E-state index in [0.29, 0.717) is 16.4 Å². The maximum atomic E-state index is 13.1. The van der Waals surface area contributed by atoms with E-state index in [-0.39, 0.29) is 5.91 Å². The van der Waals surface area contributed by atoms with Crippen molar-refractivity contribution in [3.05, 3.63) is 58.7 Å². The summed E-state index contributed by atoms with van der Waals surface area (Å²) in [6.45, 7) is 0.677. The lowest BCUT2D eigenvalue weighted by atomic mass is 10.2. The van der Waals surface area contributed by atoms with E-state index in [4.69, 9.17) is 11.6 Å². The number of benzene rings is 1. The standard InChI is InChI=1S/C18H14ClN3OS2/c19-12-5-6-15-14(10-12)22(8-3-9-24-15)18(23)16-11-21-17(25-16)13-4-1-2-7-20-13/h1-2,4-7,10-11H,3,8-9H2. The van der Waals surface area contributed by atoms with E-state index in [0.717, 1.165) is 33.5 Å². The molecule has 0 saturated heterocycles. The maximum absolute atomic E-state index is 13.1. The quantitative estimate of drug-likeness (QED) is 0.620. The molecule has 3 aromatic rings. The molecule has 126 valence electrons. The van der Waals surface area contributed by atoms with Gasteiger partial charge in [0, 0.05) is 22.7 Å². The van der Waals surface area contributed by atoms with Gasteiger partial charge in [-0.2, -0.15) is 0 Å². The van der Waals surface area contributed by atoms with E-state index in [9.17, 15) is 4.79 Å². The normalized spacial score (nSPS) is 14.0. The van der Waals surface area contributed by atoms with Crippen molar-refractivity contribution in [2.75, 3.05) is 17.2 Å². The first-order chi connectivity index (χ1) is 12.2. The van der Waals surface area contributed by atoms with Gasteiger partial charge in [0.2, 0.25) is 0 Å². The summed E-state index contributed by atoms with van der Waals surface area (Å²) in [5.74, 6) is 0.950. The number of nitrogens with zero attached hydrogens (tertiary/aromatic N) is 3. The summed E-state index contributed by atoms with van der Waals surface area (Å²) >= 11 is 9.30. The highest BCUT2D eigenvalue weighted by atomic mass is 35.5. The molecule has 1 amide bonds. The Bertz CT molecular complexity index is 914. The average molecular weight is 388 g/mol. The molecule has 2 aromatic heterocycles. The van der Waals surface area contributed by atoms with Crippen LogP contribution >= 0.6 is 34.7 Å². The zero-order chi connectivity index (χ0) is 17.2. The number of rotatable bonds is 2. The van der Waals surface area contributed by atoms with Gasteiger partial charge in [-0.15, -0.1) is 23.1 Å². The molecule has 0 N–H and O–H groups in total. The highest BCUT2D eigenvalue weighted by Crippen LogP contribution is 2.37. The van der Waals surface area contributed by atoms with E-state index in [1.165, 1.54) is 11.3 Å². The van der Waals surface area contributed by atoms with Gasteiger partial charge < -0.3 is 4.90 Å². The second-order valence-electron chi connectivity index (χ2n) is 5.52. The van der Waals surface area contributed by atoms with Crippen LogP contribution < -0.4 is 4.90 Å². The van der Waals surface area contributed by atoms with E-state index in [2.05, 4.69) is 9.97 Å². The van der Waals surface area contributed by atoms with Crippen molar-refractivity contribution in [2.24, 2.45) is 0 Å². The third-order valence-electron chi connectivity index (χ3n) is 3.84. The van der Waals surface area contributed by atoms with Gasteiger partial charge in [-0.1, -0.05) is 17.7 Å². The summed E-state index contributed by atoms with van der Waals surface area (Å²) < 4.78 is 0. The highest BCUT2D eigenvalue weighted by molar-refractivity contribution is 7.99. The molecule has 4 nitrogen and oxygen atoms in total. The van der Waals surface area contributed by atoms with E-state index < -0.39 is 0 Å². The molecule has 0 unspecified atom stereocenters. The Balaban J connectivity index is 1.68. The topological polar surface area (TPSA) is 46.1 Å². The summed E-state index contributed by atoms with van der Waals surface area (Å²) in [6, 6.07) is 11.4. The molecule has 0 fully saturated rings. The number of halogens is 1. The first-order valence-electron chi connectivity index (χ1n) is 7.84. The number of aromatic nitrogens is 2. The van der Waals surface area contributed by atoms with Gasteiger partial charge in [-0.25, -0.2) is 4.98 Å². The first-order valence-corrected chi connectivity index (χ1v) is 10.0. The molecule has 0 aliphatic carbocycles. The van der Waals surface area contributed by atoms with Crippen LogP contribution in [0, 0.1) is 0 Å². The van der Waals surface area contributed by atoms with E-state index in [1.54, 1.807) is 24.2 Å². The van der Waals surface area contributed by atoms with Crippen LogP contribution in [0.5, 0.6) is 0 Å². The molecule has 0 atom stereocenters. The third-order valence-corrected chi connectivity index (χ3v) is 6.23. The lowest BCUT2D eigenvalue weighted by molar-refractivity contribution is 0.0990. The molecule has 1 aliphatic heterocycles. The summed E-state index contributed by atoms with van der Waals surface area (Å²) in [7, 11) is 0. The van der Waals surface area contributed by atoms with Gasteiger partial charge in [0.15, 0.2) is 0 Å². The number of hydrogen-bond donors (Lipinski definition) is 0. The van der Waals surface area contributed by atoms with Crippen LogP contribution in [-0.2, 0) is 0 Å². The molecule has 3 heterocycles. The number of thiazole rings is 1. The second-order valence-corrected chi connectivity index (χ2v) is 8.12. The fraction of sp³-hybridized carbons (Fsp3) is 0.167. The Morgan fingerprint density at radius 1 is 1.20 bits per heavy atom. The highest BCUT2D eigenvalue weighted by Gasteiger charge is 2.25. The number of anilines is 1. The number of pyridine rings is 1. The number of hydrogen-bond acceptors (Lipinski definition) is 5. The number of amides is 1. The Kier molecular flexibility index (Phi) is 4.74. The predicted octanol–water partition coefficient (Wildman–Crippen LogP) is 5.00. The number of fused-ring (bicyclic) bond motifs is 1. The fourth-order valence-corrected chi connectivity index (χ4v) is 4.66.